The molecule has 2 aromatic rings. The Labute approximate surface area is 111 Å². The third-order valence-electron chi connectivity index (χ3n) is 3.30. The molecule has 1 fully saturated rings. The van der Waals surface area contributed by atoms with Crippen molar-refractivity contribution in [3.05, 3.63) is 35.5 Å². The second-order valence-electron chi connectivity index (χ2n) is 4.53. The van der Waals surface area contributed by atoms with Crippen LogP contribution in [0.4, 0.5) is 5.69 Å². The summed E-state index contributed by atoms with van der Waals surface area (Å²) in [7, 11) is 0. The van der Waals surface area contributed by atoms with Crippen LogP contribution in [0.25, 0.3) is 10.9 Å². The summed E-state index contributed by atoms with van der Waals surface area (Å²) in [6.07, 6.45) is 3.88. The first-order valence-electron chi connectivity index (χ1n) is 6.22. The van der Waals surface area contributed by atoms with E-state index in [1.165, 1.54) is 0 Å². The van der Waals surface area contributed by atoms with Gasteiger partial charge in [0.25, 0.3) is 0 Å². The highest BCUT2D eigenvalue weighted by molar-refractivity contribution is 6.35. The molecule has 3 rings (SSSR count). The molecule has 0 spiro atoms. The lowest BCUT2D eigenvalue weighted by molar-refractivity contribution is 0.0905. The molecule has 3 nitrogen and oxygen atoms in total. The van der Waals surface area contributed by atoms with Gasteiger partial charge in [-0.3, -0.25) is 4.98 Å². The van der Waals surface area contributed by atoms with Crippen molar-refractivity contribution in [2.75, 3.05) is 18.5 Å². The van der Waals surface area contributed by atoms with Gasteiger partial charge >= 0.3 is 0 Å². The Morgan fingerprint density at radius 2 is 2.06 bits per heavy atom. The smallest absolute Gasteiger partial charge is 0.0948 e. The Bertz CT molecular complexity index is 552. The lowest BCUT2D eigenvalue weighted by Gasteiger charge is -2.24. The molecule has 1 aliphatic rings. The zero-order valence-electron chi connectivity index (χ0n) is 10.0. The molecule has 18 heavy (non-hydrogen) atoms. The zero-order chi connectivity index (χ0) is 12.4. The Balaban J connectivity index is 1.94. The fourth-order valence-corrected chi connectivity index (χ4v) is 2.53. The van der Waals surface area contributed by atoms with Crippen molar-refractivity contribution in [3.8, 4) is 0 Å². The maximum Gasteiger partial charge on any atom is 0.0948 e. The second-order valence-corrected chi connectivity index (χ2v) is 4.93. The van der Waals surface area contributed by atoms with Crippen molar-refractivity contribution in [1.29, 1.82) is 0 Å². The number of fused-ring (bicyclic) bond motifs is 1. The third kappa shape index (κ3) is 2.28. The normalized spacial score (nSPS) is 16.9. The van der Waals surface area contributed by atoms with E-state index < -0.39 is 0 Å². The van der Waals surface area contributed by atoms with Crippen LogP contribution in [0.15, 0.2) is 30.5 Å². The molecule has 0 saturated carbocycles. The van der Waals surface area contributed by atoms with Gasteiger partial charge in [-0.25, -0.2) is 0 Å². The van der Waals surface area contributed by atoms with E-state index >= 15 is 0 Å². The van der Waals surface area contributed by atoms with Crippen LogP contribution in [0.1, 0.15) is 12.8 Å². The van der Waals surface area contributed by atoms with Crippen molar-refractivity contribution in [3.63, 3.8) is 0 Å². The van der Waals surface area contributed by atoms with Crippen LogP contribution in [-0.4, -0.2) is 24.2 Å². The highest BCUT2D eigenvalue weighted by Crippen LogP contribution is 2.29. The van der Waals surface area contributed by atoms with Gasteiger partial charge in [-0.2, -0.15) is 0 Å². The second kappa shape index (κ2) is 5.12. The van der Waals surface area contributed by atoms with E-state index in [2.05, 4.69) is 10.3 Å². The maximum absolute atomic E-state index is 6.18. The summed E-state index contributed by atoms with van der Waals surface area (Å²) in [5.74, 6) is 0. The molecule has 0 aliphatic carbocycles. The Kier molecular flexibility index (Phi) is 3.35. The first-order valence-corrected chi connectivity index (χ1v) is 6.60. The minimum Gasteiger partial charge on any atom is -0.381 e. The van der Waals surface area contributed by atoms with Crippen molar-refractivity contribution in [2.24, 2.45) is 0 Å². The largest absolute Gasteiger partial charge is 0.381 e. The van der Waals surface area contributed by atoms with E-state index in [0.717, 1.165) is 47.7 Å². The summed E-state index contributed by atoms with van der Waals surface area (Å²) < 4.78 is 5.37. The van der Waals surface area contributed by atoms with Crippen LogP contribution in [0.5, 0.6) is 0 Å². The van der Waals surface area contributed by atoms with Crippen molar-refractivity contribution in [2.45, 2.75) is 18.9 Å². The lowest BCUT2D eigenvalue weighted by atomic mass is 10.1. The van der Waals surface area contributed by atoms with Gasteiger partial charge in [0.2, 0.25) is 0 Å². The Morgan fingerprint density at radius 3 is 2.89 bits per heavy atom. The van der Waals surface area contributed by atoms with Gasteiger partial charge in [-0.1, -0.05) is 11.6 Å². The number of benzene rings is 1. The van der Waals surface area contributed by atoms with Gasteiger partial charge in [0.15, 0.2) is 0 Å². The summed E-state index contributed by atoms with van der Waals surface area (Å²) in [5.41, 5.74) is 2.00. The predicted molar refractivity (Wildman–Crippen MR) is 74.2 cm³/mol. The molecule has 0 atom stereocenters. The molecule has 0 radical (unpaired) electrons. The molecule has 1 aromatic carbocycles. The summed E-state index contributed by atoms with van der Waals surface area (Å²) in [5, 5.41) is 5.29. The Morgan fingerprint density at radius 1 is 1.22 bits per heavy atom. The van der Waals surface area contributed by atoms with E-state index in [9.17, 15) is 0 Å². The summed E-state index contributed by atoms with van der Waals surface area (Å²) in [6.45, 7) is 1.66. The number of nitrogens with zero attached hydrogens (tertiary/aromatic N) is 1. The van der Waals surface area contributed by atoms with Gasteiger partial charge in [-0.15, -0.1) is 0 Å². The third-order valence-corrected chi connectivity index (χ3v) is 3.63. The van der Waals surface area contributed by atoms with Gasteiger partial charge in [0, 0.05) is 30.8 Å². The molecule has 0 amide bonds. The minimum absolute atomic E-state index is 0.463. The number of ether oxygens (including phenoxy) is 1. The first-order chi connectivity index (χ1) is 8.84. The molecule has 2 heterocycles. The molecule has 1 aliphatic heterocycles. The number of rotatable bonds is 2. The molecule has 0 unspecified atom stereocenters. The fourth-order valence-electron chi connectivity index (χ4n) is 2.32. The number of anilines is 1. The molecular weight excluding hydrogens is 248 g/mol. The monoisotopic (exact) mass is 262 g/mol. The quantitative estimate of drug-likeness (QED) is 0.900. The van der Waals surface area contributed by atoms with Crippen LogP contribution in [0.2, 0.25) is 5.02 Å². The molecule has 1 N–H and O–H groups in total. The number of nitrogens with one attached hydrogen (secondary N) is 1. The lowest BCUT2D eigenvalue weighted by Crippen LogP contribution is -2.27. The number of hydrogen-bond donors (Lipinski definition) is 1. The summed E-state index contributed by atoms with van der Waals surface area (Å²) in [6, 6.07) is 8.30. The molecule has 1 saturated heterocycles. The maximum atomic E-state index is 6.18. The number of halogens is 1. The SMILES string of the molecule is Clc1ccc(NC2CCOCC2)c2ncccc12. The predicted octanol–water partition coefficient (Wildman–Crippen LogP) is 3.48. The van der Waals surface area contributed by atoms with Gasteiger partial charge in [0.05, 0.1) is 16.2 Å². The van der Waals surface area contributed by atoms with Crippen molar-refractivity contribution >= 4 is 28.2 Å². The first kappa shape index (κ1) is 11.8. The van der Waals surface area contributed by atoms with Crippen molar-refractivity contribution in [1.82, 2.24) is 4.98 Å². The topological polar surface area (TPSA) is 34.1 Å². The zero-order valence-corrected chi connectivity index (χ0v) is 10.8. The molecular formula is C14H15ClN2O. The number of aromatic nitrogens is 1. The summed E-state index contributed by atoms with van der Waals surface area (Å²) in [4.78, 5) is 4.43. The summed E-state index contributed by atoms with van der Waals surface area (Å²) >= 11 is 6.18. The average molecular weight is 263 g/mol. The molecule has 4 heteroatoms. The Hall–Kier alpha value is -1.32. The fraction of sp³-hybridized carbons (Fsp3) is 0.357. The minimum atomic E-state index is 0.463. The molecule has 0 bridgehead atoms. The van der Waals surface area contributed by atoms with Crippen LogP contribution < -0.4 is 5.32 Å². The average Bonchev–Trinajstić information content (AvgIpc) is 2.44. The van der Waals surface area contributed by atoms with Gasteiger partial charge < -0.3 is 10.1 Å². The van der Waals surface area contributed by atoms with Crippen molar-refractivity contribution < 1.29 is 4.74 Å². The van der Waals surface area contributed by atoms with Crippen LogP contribution in [0, 0.1) is 0 Å². The number of hydrogen-bond acceptors (Lipinski definition) is 3. The highest BCUT2D eigenvalue weighted by Gasteiger charge is 2.15. The highest BCUT2D eigenvalue weighted by atomic mass is 35.5. The van der Waals surface area contributed by atoms with Crippen LogP contribution in [-0.2, 0) is 4.74 Å². The van der Waals surface area contributed by atoms with Crippen LogP contribution >= 0.6 is 11.6 Å². The van der Waals surface area contributed by atoms with E-state index in [4.69, 9.17) is 16.3 Å². The van der Waals surface area contributed by atoms with Crippen LogP contribution in [0.3, 0.4) is 0 Å². The standard InChI is InChI=1S/C14H15ClN2O/c15-12-3-4-13(14-11(12)2-1-7-16-14)17-10-5-8-18-9-6-10/h1-4,7,10,17H,5-6,8-9H2. The van der Waals surface area contributed by atoms with Gasteiger partial charge in [0.1, 0.15) is 0 Å². The molecule has 1 aromatic heterocycles. The van der Waals surface area contributed by atoms with E-state index in [1.54, 1.807) is 6.20 Å². The van der Waals surface area contributed by atoms with E-state index in [1.807, 2.05) is 24.3 Å². The molecule has 94 valence electrons. The van der Waals surface area contributed by atoms with E-state index in [0.29, 0.717) is 6.04 Å². The number of pyridine rings is 1. The van der Waals surface area contributed by atoms with Gasteiger partial charge in [-0.05, 0) is 37.1 Å². The van der Waals surface area contributed by atoms with E-state index in [-0.39, 0.29) is 0 Å².